The molecule has 2 aromatic carbocycles. The van der Waals surface area contributed by atoms with Gasteiger partial charge in [-0.25, -0.2) is 4.39 Å². The molecule has 0 aliphatic carbocycles. The van der Waals surface area contributed by atoms with Crippen LogP contribution in [0.1, 0.15) is 5.56 Å². The number of halogens is 1. The van der Waals surface area contributed by atoms with Gasteiger partial charge in [-0.05, 0) is 42.3 Å². The second kappa shape index (κ2) is 7.49. The minimum Gasteiger partial charge on any atom is -0.325 e. The molecule has 0 saturated heterocycles. The van der Waals surface area contributed by atoms with Crippen LogP contribution in [-0.4, -0.2) is 29.9 Å². The first-order valence-electron chi connectivity index (χ1n) is 7.65. The second-order valence-corrected chi connectivity index (χ2v) is 6.46. The van der Waals surface area contributed by atoms with E-state index in [-0.39, 0.29) is 29.1 Å². The standard InChI is InChI=1S/C18H17FN2O2S/c19-14-5-7-15(8-6-14)20-17(22)11-24-12-18(23)21-10-9-13-3-1-2-4-16(13)21/h1-8H,9-12H2,(H,20,22). The Bertz CT molecular complexity index is 749. The van der Waals surface area contributed by atoms with E-state index in [4.69, 9.17) is 0 Å². The third-order valence-electron chi connectivity index (χ3n) is 3.77. The molecule has 0 fully saturated rings. The molecule has 0 saturated carbocycles. The summed E-state index contributed by atoms with van der Waals surface area (Å²) in [6.45, 7) is 0.695. The molecule has 4 nitrogen and oxygen atoms in total. The van der Waals surface area contributed by atoms with Gasteiger partial charge in [0.05, 0.1) is 11.5 Å². The number of para-hydroxylation sites is 1. The first-order chi connectivity index (χ1) is 11.6. The molecule has 1 heterocycles. The maximum absolute atomic E-state index is 12.8. The van der Waals surface area contributed by atoms with Crippen LogP contribution >= 0.6 is 11.8 Å². The van der Waals surface area contributed by atoms with Gasteiger partial charge in [-0.3, -0.25) is 9.59 Å². The van der Waals surface area contributed by atoms with Crippen LogP contribution < -0.4 is 10.2 Å². The fourth-order valence-corrected chi connectivity index (χ4v) is 3.33. The van der Waals surface area contributed by atoms with Crippen LogP contribution in [0.2, 0.25) is 0 Å². The van der Waals surface area contributed by atoms with Crippen molar-refractivity contribution in [2.24, 2.45) is 0 Å². The summed E-state index contributed by atoms with van der Waals surface area (Å²) in [5.41, 5.74) is 2.70. The number of anilines is 2. The molecule has 2 amide bonds. The van der Waals surface area contributed by atoms with Crippen LogP contribution in [0.4, 0.5) is 15.8 Å². The quantitative estimate of drug-likeness (QED) is 0.907. The molecule has 0 atom stereocenters. The van der Waals surface area contributed by atoms with Gasteiger partial charge in [0.25, 0.3) is 0 Å². The third kappa shape index (κ3) is 3.94. The third-order valence-corrected chi connectivity index (χ3v) is 4.69. The lowest BCUT2D eigenvalue weighted by Gasteiger charge is -2.16. The van der Waals surface area contributed by atoms with Gasteiger partial charge in [0, 0.05) is 17.9 Å². The Kier molecular flexibility index (Phi) is 5.15. The lowest BCUT2D eigenvalue weighted by molar-refractivity contribution is -0.116. The summed E-state index contributed by atoms with van der Waals surface area (Å²) in [7, 11) is 0. The Morgan fingerprint density at radius 1 is 1.08 bits per heavy atom. The van der Waals surface area contributed by atoms with E-state index in [2.05, 4.69) is 5.32 Å². The van der Waals surface area contributed by atoms with Crippen LogP contribution in [0, 0.1) is 5.82 Å². The van der Waals surface area contributed by atoms with Crippen molar-refractivity contribution >= 4 is 35.0 Å². The van der Waals surface area contributed by atoms with Crippen molar-refractivity contribution in [3.63, 3.8) is 0 Å². The van der Waals surface area contributed by atoms with Crippen LogP contribution in [0.25, 0.3) is 0 Å². The maximum atomic E-state index is 12.8. The highest BCUT2D eigenvalue weighted by Crippen LogP contribution is 2.27. The fraction of sp³-hybridized carbons (Fsp3) is 0.222. The maximum Gasteiger partial charge on any atom is 0.237 e. The van der Waals surface area contributed by atoms with E-state index in [0.717, 1.165) is 12.1 Å². The van der Waals surface area contributed by atoms with Crippen molar-refractivity contribution in [1.82, 2.24) is 0 Å². The number of hydrogen-bond donors (Lipinski definition) is 1. The van der Waals surface area contributed by atoms with E-state index in [9.17, 15) is 14.0 Å². The van der Waals surface area contributed by atoms with Crippen molar-refractivity contribution in [2.75, 3.05) is 28.3 Å². The van der Waals surface area contributed by atoms with Crippen molar-refractivity contribution in [2.45, 2.75) is 6.42 Å². The predicted molar refractivity (Wildman–Crippen MR) is 94.9 cm³/mol. The number of nitrogens with zero attached hydrogens (tertiary/aromatic N) is 1. The lowest BCUT2D eigenvalue weighted by atomic mass is 10.2. The van der Waals surface area contributed by atoms with Gasteiger partial charge in [-0.1, -0.05) is 18.2 Å². The topological polar surface area (TPSA) is 49.4 Å². The van der Waals surface area contributed by atoms with Gasteiger partial charge in [0.2, 0.25) is 11.8 Å². The van der Waals surface area contributed by atoms with Crippen LogP contribution in [0.5, 0.6) is 0 Å². The summed E-state index contributed by atoms with van der Waals surface area (Å²) in [5.74, 6) is -0.108. The number of carbonyl (C=O) groups excluding carboxylic acids is 2. The van der Waals surface area contributed by atoms with E-state index in [1.54, 1.807) is 4.90 Å². The smallest absolute Gasteiger partial charge is 0.237 e. The molecule has 0 aromatic heterocycles. The van der Waals surface area contributed by atoms with E-state index < -0.39 is 0 Å². The summed E-state index contributed by atoms with van der Waals surface area (Å²) in [5, 5.41) is 2.68. The average molecular weight is 344 g/mol. The number of thioether (sulfide) groups is 1. The molecule has 124 valence electrons. The fourth-order valence-electron chi connectivity index (χ4n) is 2.64. The van der Waals surface area contributed by atoms with E-state index in [1.807, 2.05) is 24.3 Å². The van der Waals surface area contributed by atoms with Gasteiger partial charge >= 0.3 is 0 Å². The molecule has 0 unspecified atom stereocenters. The molecule has 1 aliphatic heterocycles. The zero-order chi connectivity index (χ0) is 16.9. The molecular formula is C18H17FN2O2S. The summed E-state index contributed by atoms with van der Waals surface area (Å²) in [6, 6.07) is 13.5. The summed E-state index contributed by atoms with van der Waals surface area (Å²) < 4.78 is 12.8. The number of amides is 2. The van der Waals surface area contributed by atoms with Gasteiger partial charge in [-0.15, -0.1) is 11.8 Å². The molecule has 3 rings (SSSR count). The molecule has 1 N–H and O–H groups in total. The predicted octanol–water partition coefficient (Wildman–Crippen LogP) is 3.09. The molecule has 2 aromatic rings. The summed E-state index contributed by atoms with van der Waals surface area (Å²) >= 11 is 1.28. The molecule has 0 radical (unpaired) electrons. The van der Waals surface area contributed by atoms with E-state index in [0.29, 0.717) is 12.2 Å². The van der Waals surface area contributed by atoms with Crippen LogP contribution in [-0.2, 0) is 16.0 Å². The zero-order valence-corrected chi connectivity index (χ0v) is 13.8. The number of carbonyl (C=O) groups is 2. The highest BCUT2D eigenvalue weighted by Gasteiger charge is 2.23. The number of nitrogens with one attached hydrogen (secondary N) is 1. The Balaban J connectivity index is 1.45. The number of fused-ring (bicyclic) bond motifs is 1. The van der Waals surface area contributed by atoms with Gasteiger partial charge in [0.1, 0.15) is 5.82 Å². The van der Waals surface area contributed by atoms with Crippen molar-refractivity contribution in [3.8, 4) is 0 Å². The molecule has 0 bridgehead atoms. The van der Waals surface area contributed by atoms with Crippen molar-refractivity contribution in [1.29, 1.82) is 0 Å². The van der Waals surface area contributed by atoms with Gasteiger partial charge in [0.15, 0.2) is 0 Å². The second-order valence-electron chi connectivity index (χ2n) is 5.47. The first kappa shape index (κ1) is 16.5. The summed E-state index contributed by atoms with van der Waals surface area (Å²) in [6.07, 6.45) is 0.873. The van der Waals surface area contributed by atoms with Crippen molar-refractivity contribution in [3.05, 3.63) is 59.9 Å². The Morgan fingerprint density at radius 3 is 2.62 bits per heavy atom. The Hall–Kier alpha value is -2.34. The van der Waals surface area contributed by atoms with Crippen LogP contribution in [0.3, 0.4) is 0 Å². The number of hydrogen-bond acceptors (Lipinski definition) is 3. The minimum absolute atomic E-state index is 0.0135. The molecule has 0 spiro atoms. The molecule has 6 heteroatoms. The largest absolute Gasteiger partial charge is 0.325 e. The zero-order valence-electron chi connectivity index (χ0n) is 13.0. The highest BCUT2D eigenvalue weighted by atomic mass is 32.2. The molecule has 24 heavy (non-hydrogen) atoms. The van der Waals surface area contributed by atoms with Gasteiger partial charge < -0.3 is 10.2 Å². The minimum atomic E-state index is -0.348. The average Bonchev–Trinajstić information content (AvgIpc) is 3.01. The molecular weight excluding hydrogens is 327 g/mol. The molecule has 1 aliphatic rings. The summed E-state index contributed by atoms with van der Waals surface area (Å²) in [4.78, 5) is 25.9. The Morgan fingerprint density at radius 2 is 1.83 bits per heavy atom. The van der Waals surface area contributed by atoms with Crippen LogP contribution in [0.15, 0.2) is 48.5 Å². The SMILES string of the molecule is O=C(CSCC(=O)N1CCc2ccccc21)Nc1ccc(F)cc1. The number of benzene rings is 2. The highest BCUT2D eigenvalue weighted by molar-refractivity contribution is 8.00. The van der Waals surface area contributed by atoms with E-state index in [1.165, 1.54) is 41.6 Å². The number of rotatable bonds is 5. The van der Waals surface area contributed by atoms with Crippen molar-refractivity contribution < 1.29 is 14.0 Å². The normalized spacial score (nSPS) is 12.8. The van der Waals surface area contributed by atoms with Gasteiger partial charge in [-0.2, -0.15) is 0 Å². The Labute approximate surface area is 144 Å². The monoisotopic (exact) mass is 344 g/mol. The first-order valence-corrected chi connectivity index (χ1v) is 8.80. The lowest BCUT2D eigenvalue weighted by Crippen LogP contribution is -2.31. The van der Waals surface area contributed by atoms with E-state index >= 15 is 0 Å².